The molecule has 0 saturated carbocycles. The van der Waals surface area contributed by atoms with E-state index in [4.69, 9.17) is 22.4 Å². The second-order valence-corrected chi connectivity index (χ2v) is 3.72. The minimum absolute atomic E-state index is 0.0609. The van der Waals surface area contributed by atoms with E-state index in [2.05, 4.69) is 0 Å². The van der Waals surface area contributed by atoms with Crippen LogP contribution in [0, 0.1) is 0 Å². The molecule has 0 unspecified atom stereocenters. The first-order chi connectivity index (χ1) is 6.50. The largest absolute Gasteiger partial charge is 0.478 e. The van der Waals surface area contributed by atoms with E-state index in [0.29, 0.717) is 11.4 Å². The standard InChI is InChI=1S/C10H12ClNO2/c1-6(12)4-7-2-3-8(11)5-9(7)10(13)14/h2-3,5-6H,4,12H2,1H3,(H,13,14)/t6-/m1/s1. The zero-order chi connectivity index (χ0) is 10.7. The molecule has 0 aliphatic carbocycles. The van der Waals surface area contributed by atoms with Crippen LogP contribution in [0.2, 0.25) is 5.02 Å². The van der Waals surface area contributed by atoms with Gasteiger partial charge in [-0.2, -0.15) is 0 Å². The molecule has 3 nitrogen and oxygen atoms in total. The van der Waals surface area contributed by atoms with E-state index < -0.39 is 5.97 Å². The predicted molar refractivity (Wildman–Crippen MR) is 55.8 cm³/mol. The third-order valence-electron chi connectivity index (χ3n) is 1.84. The fraction of sp³-hybridized carbons (Fsp3) is 0.300. The van der Waals surface area contributed by atoms with Gasteiger partial charge in [-0.3, -0.25) is 0 Å². The molecular weight excluding hydrogens is 202 g/mol. The Morgan fingerprint density at radius 1 is 1.64 bits per heavy atom. The first-order valence-electron chi connectivity index (χ1n) is 4.28. The van der Waals surface area contributed by atoms with Crippen molar-refractivity contribution in [1.29, 1.82) is 0 Å². The van der Waals surface area contributed by atoms with Crippen molar-refractivity contribution in [1.82, 2.24) is 0 Å². The lowest BCUT2D eigenvalue weighted by Crippen LogP contribution is -2.19. The van der Waals surface area contributed by atoms with Crippen molar-refractivity contribution in [2.45, 2.75) is 19.4 Å². The van der Waals surface area contributed by atoms with Gasteiger partial charge in [-0.05, 0) is 31.0 Å². The van der Waals surface area contributed by atoms with Crippen molar-refractivity contribution in [3.05, 3.63) is 34.3 Å². The lowest BCUT2D eigenvalue weighted by molar-refractivity contribution is 0.0695. The molecule has 0 spiro atoms. The SMILES string of the molecule is C[C@@H](N)Cc1ccc(Cl)cc1C(=O)O. The van der Waals surface area contributed by atoms with Gasteiger partial charge in [0.2, 0.25) is 0 Å². The molecule has 1 rings (SSSR count). The third kappa shape index (κ3) is 2.72. The van der Waals surface area contributed by atoms with E-state index in [1.54, 1.807) is 12.1 Å². The number of hydrogen-bond donors (Lipinski definition) is 2. The average molecular weight is 214 g/mol. The number of carboxylic acids is 1. The van der Waals surface area contributed by atoms with Crippen molar-refractivity contribution < 1.29 is 9.90 Å². The third-order valence-corrected chi connectivity index (χ3v) is 2.08. The van der Waals surface area contributed by atoms with Crippen LogP contribution in [0.5, 0.6) is 0 Å². The number of nitrogens with two attached hydrogens (primary N) is 1. The highest BCUT2D eigenvalue weighted by Gasteiger charge is 2.11. The van der Waals surface area contributed by atoms with E-state index in [-0.39, 0.29) is 11.6 Å². The quantitative estimate of drug-likeness (QED) is 0.807. The van der Waals surface area contributed by atoms with Gasteiger partial charge in [0.05, 0.1) is 5.56 Å². The molecule has 0 heterocycles. The van der Waals surface area contributed by atoms with Gasteiger partial charge in [0.25, 0.3) is 0 Å². The van der Waals surface area contributed by atoms with Gasteiger partial charge in [0.15, 0.2) is 0 Å². The van der Waals surface area contributed by atoms with E-state index in [1.807, 2.05) is 6.92 Å². The summed E-state index contributed by atoms with van der Waals surface area (Å²) < 4.78 is 0. The van der Waals surface area contributed by atoms with Crippen LogP contribution in [0.25, 0.3) is 0 Å². The fourth-order valence-electron chi connectivity index (χ4n) is 1.27. The van der Waals surface area contributed by atoms with Gasteiger partial charge in [0.1, 0.15) is 0 Å². The monoisotopic (exact) mass is 213 g/mol. The molecule has 0 amide bonds. The molecule has 14 heavy (non-hydrogen) atoms. The first-order valence-corrected chi connectivity index (χ1v) is 4.66. The number of benzene rings is 1. The summed E-state index contributed by atoms with van der Waals surface area (Å²) in [5, 5.41) is 9.33. The highest BCUT2D eigenvalue weighted by molar-refractivity contribution is 6.30. The average Bonchev–Trinajstić information content (AvgIpc) is 2.07. The van der Waals surface area contributed by atoms with Crippen molar-refractivity contribution in [2.75, 3.05) is 0 Å². The van der Waals surface area contributed by atoms with Gasteiger partial charge in [0, 0.05) is 11.1 Å². The van der Waals surface area contributed by atoms with Gasteiger partial charge in [-0.25, -0.2) is 4.79 Å². The summed E-state index contributed by atoms with van der Waals surface area (Å²) in [5.74, 6) is -0.969. The molecule has 1 aromatic rings. The van der Waals surface area contributed by atoms with Crippen LogP contribution < -0.4 is 5.73 Å². The molecule has 1 aromatic carbocycles. The van der Waals surface area contributed by atoms with Crippen LogP contribution in [0.3, 0.4) is 0 Å². The fourth-order valence-corrected chi connectivity index (χ4v) is 1.44. The summed E-state index contributed by atoms with van der Waals surface area (Å²) in [4.78, 5) is 10.9. The number of halogens is 1. The minimum atomic E-state index is -0.969. The summed E-state index contributed by atoms with van der Waals surface area (Å²) in [5.41, 5.74) is 6.56. The van der Waals surface area contributed by atoms with Crippen LogP contribution in [0.4, 0.5) is 0 Å². The molecular formula is C10H12ClNO2. The Balaban J connectivity index is 3.08. The number of aromatic carboxylic acids is 1. The molecule has 0 aliphatic rings. The van der Waals surface area contributed by atoms with Crippen molar-refractivity contribution in [3.63, 3.8) is 0 Å². The lowest BCUT2D eigenvalue weighted by atomic mass is 10.0. The Morgan fingerprint density at radius 3 is 2.79 bits per heavy atom. The number of hydrogen-bond acceptors (Lipinski definition) is 2. The van der Waals surface area contributed by atoms with Gasteiger partial charge >= 0.3 is 5.97 Å². The van der Waals surface area contributed by atoms with Crippen molar-refractivity contribution in [2.24, 2.45) is 5.73 Å². The van der Waals surface area contributed by atoms with E-state index in [9.17, 15) is 4.79 Å². The first kappa shape index (κ1) is 11.0. The minimum Gasteiger partial charge on any atom is -0.478 e. The number of carboxylic acid groups (broad SMARTS) is 1. The van der Waals surface area contributed by atoms with E-state index in [1.165, 1.54) is 6.07 Å². The molecule has 0 fully saturated rings. The topological polar surface area (TPSA) is 63.3 Å². The summed E-state index contributed by atoms with van der Waals surface area (Å²) in [6, 6.07) is 4.76. The maximum atomic E-state index is 10.9. The molecule has 76 valence electrons. The molecule has 4 heteroatoms. The molecule has 0 saturated heterocycles. The van der Waals surface area contributed by atoms with Crippen molar-refractivity contribution in [3.8, 4) is 0 Å². The van der Waals surface area contributed by atoms with Crippen LogP contribution in [0.1, 0.15) is 22.8 Å². The molecule has 3 N–H and O–H groups in total. The smallest absolute Gasteiger partial charge is 0.336 e. The predicted octanol–water partition coefficient (Wildman–Crippen LogP) is 1.93. The molecule has 0 aromatic heterocycles. The lowest BCUT2D eigenvalue weighted by Gasteiger charge is -2.08. The van der Waals surface area contributed by atoms with Crippen LogP contribution in [-0.4, -0.2) is 17.1 Å². The zero-order valence-electron chi connectivity index (χ0n) is 7.83. The summed E-state index contributed by atoms with van der Waals surface area (Å²) in [6.07, 6.45) is 0.540. The molecule has 1 atom stereocenters. The highest BCUT2D eigenvalue weighted by atomic mass is 35.5. The van der Waals surface area contributed by atoms with Crippen LogP contribution in [-0.2, 0) is 6.42 Å². The van der Waals surface area contributed by atoms with Crippen LogP contribution >= 0.6 is 11.6 Å². The molecule has 0 radical (unpaired) electrons. The highest BCUT2D eigenvalue weighted by Crippen LogP contribution is 2.17. The Kier molecular flexibility index (Phi) is 3.49. The maximum absolute atomic E-state index is 10.9. The van der Waals surface area contributed by atoms with E-state index >= 15 is 0 Å². The van der Waals surface area contributed by atoms with Crippen molar-refractivity contribution >= 4 is 17.6 Å². The molecule has 0 bridgehead atoms. The Hall–Kier alpha value is -1.06. The Labute approximate surface area is 87.5 Å². The summed E-state index contributed by atoms with van der Waals surface area (Å²) in [7, 11) is 0. The van der Waals surface area contributed by atoms with Gasteiger partial charge in [-0.15, -0.1) is 0 Å². The van der Waals surface area contributed by atoms with E-state index in [0.717, 1.165) is 5.56 Å². The Morgan fingerprint density at radius 2 is 2.29 bits per heavy atom. The molecule has 0 aliphatic heterocycles. The number of carbonyl (C=O) groups is 1. The van der Waals surface area contributed by atoms with Crippen LogP contribution in [0.15, 0.2) is 18.2 Å². The zero-order valence-corrected chi connectivity index (χ0v) is 8.58. The number of rotatable bonds is 3. The second kappa shape index (κ2) is 4.44. The van der Waals surface area contributed by atoms with Gasteiger partial charge < -0.3 is 10.8 Å². The summed E-state index contributed by atoms with van der Waals surface area (Å²) >= 11 is 5.70. The second-order valence-electron chi connectivity index (χ2n) is 3.29. The summed E-state index contributed by atoms with van der Waals surface area (Å²) in [6.45, 7) is 1.83. The van der Waals surface area contributed by atoms with Gasteiger partial charge in [-0.1, -0.05) is 17.7 Å². The normalized spacial score (nSPS) is 12.5. The maximum Gasteiger partial charge on any atom is 0.336 e. The Bertz CT molecular complexity index is 350.